The highest BCUT2D eigenvalue weighted by Crippen LogP contribution is 2.26. The molecule has 1 aromatic heterocycles. The van der Waals surface area contributed by atoms with Crippen molar-refractivity contribution in [2.45, 2.75) is 11.4 Å². The van der Waals surface area contributed by atoms with Crippen molar-refractivity contribution in [1.29, 1.82) is 0 Å². The molecule has 0 bridgehead atoms. The lowest BCUT2D eigenvalue weighted by atomic mass is 10.1. The minimum atomic E-state index is -3.74. The normalized spacial score (nSPS) is 11.4. The van der Waals surface area contributed by atoms with Gasteiger partial charge in [-0.15, -0.1) is 0 Å². The highest BCUT2D eigenvalue weighted by Gasteiger charge is 2.15. The summed E-state index contributed by atoms with van der Waals surface area (Å²) in [5.74, 6) is -0.527. The minimum Gasteiger partial charge on any atom is -0.482 e. The first-order valence-electron chi connectivity index (χ1n) is 11.6. The number of carboxylic acids is 1. The van der Waals surface area contributed by atoms with Gasteiger partial charge < -0.3 is 14.4 Å². The van der Waals surface area contributed by atoms with Crippen molar-refractivity contribution < 1.29 is 23.1 Å². The summed E-state index contributed by atoms with van der Waals surface area (Å²) in [7, 11) is -3.74. The van der Waals surface area contributed by atoms with Crippen molar-refractivity contribution in [2.24, 2.45) is 0 Å². The summed E-state index contributed by atoms with van der Waals surface area (Å²) in [6.07, 6.45) is 1.94. The van der Waals surface area contributed by atoms with Gasteiger partial charge in [0.25, 0.3) is 10.0 Å². The number of nitrogens with zero attached hydrogens (tertiary/aromatic N) is 1. The number of carboxylic acid groups (broad SMARTS) is 1. The highest BCUT2D eigenvalue weighted by atomic mass is 32.2. The second-order valence-corrected chi connectivity index (χ2v) is 10.2. The van der Waals surface area contributed by atoms with Crippen LogP contribution in [0.2, 0.25) is 0 Å². The highest BCUT2D eigenvalue weighted by molar-refractivity contribution is 7.92. The van der Waals surface area contributed by atoms with Gasteiger partial charge in [-0.1, -0.05) is 54.6 Å². The average molecular weight is 513 g/mol. The summed E-state index contributed by atoms with van der Waals surface area (Å²) < 4.78 is 35.9. The average Bonchev–Trinajstić information content (AvgIpc) is 3.30. The number of anilines is 1. The number of hydrogen-bond donors (Lipinski definition) is 2. The van der Waals surface area contributed by atoms with E-state index in [0.29, 0.717) is 18.0 Å². The van der Waals surface area contributed by atoms with Crippen LogP contribution in [0.3, 0.4) is 0 Å². The molecule has 7 nitrogen and oxygen atoms in total. The summed E-state index contributed by atoms with van der Waals surface area (Å²) in [6, 6.07) is 31.2. The minimum absolute atomic E-state index is 0.195. The van der Waals surface area contributed by atoms with Crippen molar-refractivity contribution >= 4 is 32.6 Å². The Labute approximate surface area is 214 Å². The lowest BCUT2D eigenvalue weighted by Crippen LogP contribution is -2.12. The van der Waals surface area contributed by atoms with Gasteiger partial charge in [-0.25, -0.2) is 13.2 Å². The van der Waals surface area contributed by atoms with E-state index in [1.807, 2.05) is 66.9 Å². The molecular weight excluding hydrogens is 488 g/mol. The Morgan fingerprint density at radius 1 is 0.838 bits per heavy atom. The molecule has 37 heavy (non-hydrogen) atoms. The fourth-order valence-electron chi connectivity index (χ4n) is 4.11. The fourth-order valence-corrected chi connectivity index (χ4v) is 5.16. The summed E-state index contributed by atoms with van der Waals surface area (Å²) in [4.78, 5) is 10.8. The number of benzene rings is 4. The van der Waals surface area contributed by atoms with Crippen molar-refractivity contribution in [2.75, 3.05) is 11.3 Å². The number of sulfonamides is 1. The molecule has 0 aliphatic carbocycles. The van der Waals surface area contributed by atoms with Crippen LogP contribution in [0.4, 0.5) is 5.69 Å². The molecule has 0 spiro atoms. The van der Waals surface area contributed by atoms with Crippen LogP contribution in [0.1, 0.15) is 5.56 Å². The van der Waals surface area contributed by atoms with Crippen LogP contribution in [0, 0.1) is 0 Å². The zero-order valence-corrected chi connectivity index (χ0v) is 20.6. The maximum absolute atomic E-state index is 13.0. The molecule has 0 saturated heterocycles. The van der Waals surface area contributed by atoms with Gasteiger partial charge in [0.05, 0.1) is 4.90 Å². The van der Waals surface area contributed by atoms with Crippen LogP contribution in [0.25, 0.3) is 22.0 Å². The van der Waals surface area contributed by atoms with Gasteiger partial charge in [0.15, 0.2) is 6.61 Å². The van der Waals surface area contributed by atoms with E-state index in [4.69, 9.17) is 9.84 Å². The topological polar surface area (TPSA) is 97.6 Å². The summed E-state index contributed by atoms with van der Waals surface area (Å²) >= 11 is 0. The molecule has 5 rings (SSSR count). The zero-order valence-electron chi connectivity index (χ0n) is 19.7. The second kappa shape index (κ2) is 10.2. The molecule has 0 fully saturated rings. The van der Waals surface area contributed by atoms with Gasteiger partial charge in [0.1, 0.15) is 5.75 Å². The molecule has 1 heterocycles. The van der Waals surface area contributed by atoms with Crippen LogP contribution >= 0.6 is 0 Å². The molecule has 5 aromatic rings. The molecule has 186 valence electrons. The SMILES string of the molecule is O=C(O)COc1ccc(Cn2ccc3cc(NS(=O)(=O)c4ccc(-c5ccccc5)cc4)ccc32)cc1. The van der Waals surface area contributed by atoms with Gasteiger partial charge >= 0.3 is 5.97 Å². The van der Waals surface area contributed by atoms with Gasteiger partial charge in [-0.3, -0.25) is 4.72 Å². The van der Waals surface area contributed by atoms with E-state index < -0.39 is 16.0 Å². The Bertz CT molecular complexity index is 1640. The third kappa shape index (κ3) is 5.65. The van der Waals surface area contributed by atoms with E-state index >= 15 is 0 Å². The molecule has 0 aliphatic rings. The Morgan fingerprint density at radius 3 is 2.24 bits per heavy atom. The predicted molar refractivity (Wildman–Crippen MR) is 143 cm³/mol. The van der Waals surface area contributed by atoms with Crippen molar-refractivity contribution in [1.82, 2.24) is 4.57 Å². The first-order valence-corrected chi connectivity index (χ1v) is 13.1. The number of nitrogens with one attached hydrogen (secondary N) is 1. The number of ether oxygens (including phenoxy) is 1. The number of fused-ring (bicyclic) bond motifs is 1. The van der Waals surface area contributed by atoms with Gasteiger partial charge in [0.2, 0.25) is 0 Å². The van der Waals surface area contributed by atoms with Crippen molar-refractivity contribution in [3.8, 4) is 16.9 Å². The lowest BCUT2D eigenvalue weighted by Gasteiger charge is -2.11. The van der Waals surface area contributed by atoms with Crippen LogP contribution in [-0.2, 0) is 21.4 Å². The quantitative estimate of drug-likeness (QED) is 0.267. The maximum Gasteiger partial charge on any atom is 0.341 e. The van der Waals surface area contributed by atoms with Crippen LogP contribution in [0.15, 0.2) is 114 Å². The maximum atomic E-state index is 13.0. The van der Waals surface area contributed by atoms with Crippen LogP contribution in [-0.4, -0.2) is 30.7 Å². The molecule has 4 aromatic carbocycles. The first-order chi connectivity index (χ1) is 17.9. The Kier molecular flexibility index (Phi) is 6.66. The standard InChI is InChI=1S/C29H24N2O5S/c32-29(33)20-36-26-11-6-21(7-12-26)19-31-17-16-24-18-25(10-15-28(24)31)30-37(34,35)27-13-8-23(9-14-27)22-4-2-1-3-5-22/h1-18,30H,19-20H2,(H,32,33). The summed E-state index contributed by atoms with van der Waals surface area (Å²) in [6.45, 7) is 0.216. The smallest absolute Gasteiger partial charge is 0.341 e. The van der Waals surface area contributed by atoms with Crippen molar-refractivity contribution in [3.63, 3.8) is 0 Å². The summed E-state index contributed by atoms with van der Waals surface area (Å²) in [5.41, 5.74) is 4.43. The third-order valence-corrected chi connectivity index (χ3v) is 7.33. The fraction of sp³-hybridized carbons (Fsp3) is 0.0690. The Hall–Kier alpha value is -4.56. The number of rotatable bonds is 9. The van der Waals surface area contributed by atoms with Gasteiger partial charge in [-0.05, 0) is 65.2 Å². The van der Waals surface area contributed by atoms with E-state index in [1.165, 1.54) is 0 Å². The van der Waals surface area contributed by atoms with Gasteiger partial charge in [0, 0.05) is 29.3 Å². The van der Waals surface area contributed by atoms with E-state index in [1.54, 1.807) is 42.5 Å². The molecule has 0 saturated carbocycles. The Morgan fingerprint density at radius 2 is 1.54 bits per heavy atom. The molecule has 0 unspecified atom stereocenters. The van der Waals surface area contributed by atoms with Crippen LogP contribution in [0.5, 0.6) is 5.75 Å². The van der Waals surface area contributed by atoms with E-state index in [0.717, 1.165) is 27.6 Å². The molecule has 0 aliphatic heterocycles. The molecule has 8 heteroatoms. The Balaban J connectivity index is 1.29. The number of aliphatic carboxylic acids is 1. The number of aromatic nitrogens is 1. The largest absolute Gasteiger partial charge is 0.482 e. The van der Waals surface area contributed by atoms with E-state index in [9.17, 15) is 13.2 Å². The molecular formula is C29H24N2O5S. The monoisotopic (exact) mass is 512 g/mol. The summed E-state index contributed by atoms with van der Waals surface area (Å²) in [5, 5.41) is 9.63. The molecule has 0 radical (unpaired) electrons. The molecule has 2 N–H and O–H groups in total. The first kappa shape index (κ1) is 24.1. The molecule has 0 amide bonds. The molecule has 0 atom stereocenters. The second-order valence-electron chi connectivity index (χ2n) is 8.54. The van der Waals surface area contributed by atoms with Crippen LogP contribution < -0.4 is 9.46 Å². The van der Waals surface area contributed by atoms with Crippen molar-refractivity contribution in [3.05, 3.63) is 115 Å². The van der Waals surface area contributed by atoms with E-state index in [2.05, 4.69) is 9.29 Å². The third-order valence-electron chi connectivity index (χ3n) is 5.93. The van der Waals surface area contributed by atoms with E-state index in [-0.39, 0.29) is 11.5 Å². The number of hydrogen-bond acceptors (Lipinski definition) is 4. The predicted octanol–water partition coefficient (Wildman–Crippen LogP) is 5.62. The number of carbonyl (C=O) groups is 1. The zero-order chi connectivity index (χ0) is 25.8. The van der Waals surface area contributed by atoms with Gasteiger partial charge in [-0.2, -0.15) is 0 Å². The lowest BCUT2D eigenvalue weighted by molar-refractivity contribution is -0.139.